The van der Waals surface area contributed by atoms with Gasteiger partial charge in [-0.2, -0.15) is 9.49 Å². The van der Waals surface area contributed by atoms with E-state index in [1.54, 1.807) is 42.5 Å². The number of nitrogens with one attached hydrogen (secondary N) is 1. The summed E-state index contributed by atoms with van der Waals surface area (Å²) in [7, 11) is 0. The van der Waals surface area contributed by atoms with Crippen LogP contribution < -0.4 is 10.2 Å². The van der Waals surface area contributed by atoms with Gasteiger partial charge in [-0.3, -0.25) is 4.79 Å². The summed E-state index contributed by atoms with van der Waals surface area (Å²) in [6.45, 7) is 0.301. The molecular weight excluding hydrogens is 358 g/mol. The molecule has 1 N–H and O–H groups in total. The van der Waals surface area contributed by atoms with Gasteiger partial charge in [-0.05, 0) is 54.1 Å². The van der Waals surface area contributed by atoms with Crippen LogP contribution >= 0.6 is 11.3 Å². The van der Waals surface area contributed by atoms with E-state index in [2.05, 4.69) is 10.5 Å². The fourth-order valence-corrected chi connectivity index (χ4v) is 2.67. The molecule has 3 aromatic rings. The van der Waals surface area contributed by atoms with E-state index in [1.807, 2.05) is 0 Å². The molecule has 132 valence electrons. The van der Waals surface area contributed by atoms with E-state index in [-0.39, 0.29) is 16.9 Å². The Hall–Kier alpha value is -3.06. The predicted molar refractivity (Wildman–Crippen MR) is 96.5 cm³/mol. The zero-order valence-electron chi connectivity index (χ0n) is 13.5. The second kappa shape index (κ2) is 8.35. The van der Waals surface area contributed by atoms with Crippen LogP contribution in [0.15, 0.2) is 65.8 Å². The highest BCUT2D eigenvalue weighted by Crippen LogP contribution is 2.14. The van der Waals surface area contributed by atoms with Gasteiger partial charge in [-0.25, -0.2) is 9.82 Å². The van der Waals surface area contributed by atoms with E-state index in [0.29, 0.717) is 22.8 Å². The summed E-state index contributed by atoms with van der Waals surface area (Å²) < 4.78 is 31.2. The quantitative estimate of drug-likeness (QED) is 0.516. The van der Waals surface area contributed by atoms with Crippen molar-refractivity contribution < 1.29 is 18.3 Å². The first-order chi connectivity index (χ1) is 12.6. The predicted octanol–water partition coefficient (Wildman–Crippen LogP) is 4.37. The molecule has 0 saturated heterocycles. The Bertz CT molecular complexity index is 906. The largest absolute Gasteiger partial charge is 0.489 e. The molecule has 7 heteroatoms. The summed E-state index contributed by atoms with van der Waals surface area (Å²) >= 11 is 0.940. The molecule has 4 nitrogen and oxygen atoms in total. The first-order valence-electron chi connectivity index (χ1n) is 7.66. The number of ether oxygens (including phenoxy) is 1. The standard InChI is InChI=1S/C19H14F2N2O2S/c20-15-5-7-16(8-6-15)25-12-13-1-3-14(4-2-13)19(24)23-22-11-17-9-10-18(21)26-17/h1-11H,12H2,(H,23,24). The molecule has 0 fully saturated rings. The minimum Gasteiger partial charge on any atom is -0.489 e. The number of carbonyl (C=O) groups is 1. The Morgan fingerprint density at radius 1 is 1.04 bits per heavy atom. The van der Waals surface area contributed by atoms with Crippen LogP contribution in [0.5, 0.6) is 5.75 Å². The van der Waals surface area contributed by atoms with Crippen LogP contribution in [0.2, 0.25) is 0 Å². The molecule has 0 atom stereocenters. The van der Waals surface area contributed by atoms with Crippen molar-refractivity contribution in [2.24, 2.45) is 5.10 Å². The highest BCUT2D eigenvalue weighted by atomic mass is 32.1. The average molecular weight is 372 g/mol. The van der Waals surface area contributed by atoms with Crippen LogP contribution in [0.4, 0.5) is 8.78 Å². The van der Waals surface area contributed by atoms with Gasteiger partial charge in [0.25, 0.3) is 5.91 Å². The van der Waals surface area contributed by atoms with Crippen molar-refractivity contribution >= 4 is 23.5 Å². The Balaban J connectivity index is 1.52. The SMILES string of the molecule is O=C(NN=Cc1ccc(F)s1)c1ccc(COc2ccc(F)cc2)cc1. The molecule has 1 heterocycles. The number of hydrazone groups is 1. The molecule has 26 heavy (non-hydrogen) atoms. The number of nitrogens with zero attached hydrogens (tertiary/aromatic N) is 1. The normalized spacial score (nSPS) is 10.8. The number of hydrogen-bond donors (Lipinski definition) is 1. The Kier molecular flexibility index (Phi) is 5.70. The molecule has 0 bridgehead atoms. The van der Waals surface area contributed by atoms with Gasteiger partial charge < -0.3 is 4.74 Å². The molecule has 0 aliphatic heterocycles. The van der Waals surface area contributed by atoms with E-state index < -0.39 is 0 Å². The fourth-order valence-electron chi connectivity index (χ4n) is 2.07. The van der Waals surface area contributed by atoms with Crippen LogP contribution in [-0.4, -0.2) is 12.1 Å². The smallest absolute Gasteiger partial charge is 0.271 e. The highest BCUT2D eigenvalue weighted by molar-refractivity contribution is 7.12. The third kappa shape index (κ3) is 4.97. The average Bonchev–Trinajstić information content (AvgIpc) is 3.07. The van der Waals surface area contributed by atoms with E-state index in [9.17, 15) is 13.6 Å². The molecule has 1 aromatic heterocycles. The molecule has 2 aromatic carbocycles. The Labute approximate surface area is 152 Å². The lowest BCUT2D eigenvalue weighted by atomic mass is 10.1. The number of carbonyl (C=O) groups excluding carboxylic acids is 1. The third-order valence-corrected chi connectivity index (χ3v) is 4.20. The molecule has 0 aliphatic rings. The number of amides is 1. The molecule has 1 amide bonds. The molecule has 0 aliphatic carbocycles. The summed E-state index contributed by atoms with van der Waals surface area (Å²) in [6, 6.07) is 15.5. The van der Waals surface area contributed by atoms with E-state index in [0.717, 1.165) is 16.9 Å². The Morgan fingerprint density at radius 2 is 1.77 bits per heavy atom. The van der Waals surface area contributed by atoms with Gasteiger partial charge in [0.2, 0.25) is 0 Å². The summed E-state index contributed by atoms with van der Waals surface area (Å²) in [5, 5.41) is 3.49. The highest BCUT2D eigenvalue weighted by Gasteiger charge is 2.05. The second-order valence-corrected chi connectivity index (χ2v) is 6.35. The van der Waals surface area contributed by atoms with Crippen LogP contribution in [0.25, 0.3) is 0 Å². The van der Waals surface area contributed by atoms with E-state index >= 15 is 0 Å². The maximum atomic E-state index is 12.8. The van der Waals surface area contributed by atoms with Gasteiger partial charge in [0, 0.05) is 5.56 Å². The lowest BCUT2D eigenvalue weighted by Gasteiger charge is -2.07. The van der Waals surface area contributed by atoms with E-state index in [1.165, 1.54) is 24.4 Å². The van der Waals surface area contributed by atoms with Crippen molar-refractivity contribution in [2.75, 3.05) is 0 Å². The summed E-state index contributed by atoms with van der Waals surface area (Å²) in [6.07, 6.45) is 1.39. The molecule has 0 radical (unpaired) electrons. The Morgan fingerprint density at radius 3 is 2.42 bits per heavy atom. The van der Waals surface area contributed by atoms with Crippen molar-refractivity contribution in [2.45, 2.75) is 6.61 Å². The van der Waals surface area contributed by atoms with Crippen LogP contribution in [0.3, 0.4) is 0 Å². The molecule has 0 spiro atoms. The lowest BCUT2D eigenvalue weighted by molar-refractivity contribution is 0.0955. The lowest BCUT2D eigenvalue weighted by Crippen LogP contribution is -2.17. The van der Waals surface area contributed by atoms with Gasteiger partial charge >= 0.3 is 0 Å². The second-order valence-electron chi connectivity index (χ2n) is 5.28. The van der Waals surface area contributed by atoms with Crippen molar-refractivity contribution in [3.63, 3.8) is 0 Å². The number of halogens is 2. The zero-order chi connectivity index (χ0) is 18.4. The van der Waals surface area contributed by atoms with Crippen molar-refractivity contribution in [1.29, 1.82) is 0 Å². The van der Waals surface area contributed by atoms with E-state index in [4.69, 9.17) is 4.74 Å². The molecule has 3 rings (SSSR count). The molecule has 0 saturated carbocycles. The summed E-state index contributed by atoms with van der Waals surface area (Å²) in [5.41, 5.74) is 3.69. The number of benzene rings is 2. The van der Waals surface area contributed by atoms with Crippen molar-refractivity contribution in [3.05, 3.63) is 87.6 Å². The third-order valence-electron chi connectivity index (χ3n) is 3.39. The summed E-state index contributed by atoms with van der Waals surface area (Å²) in [4.78, 5) is 12.6. The van der Waals surface area contributed by atoms with Gasteiger partial charge in [0.05, 0.1) is 11.1 Å². The van der Waals surface area contributed by atoms with Gasteiger partial charge in [0.1, 0.15) is 18.2 Å². The molecule has 0 unspecified atom stereocenters. The van der Waals surface area contributed by atoms with Crippen molar-refractivity contribution in [3.8, 4) is 5.75 Å². The minimum absolute atomic E-state index is 0.301. The van der Waals surface area contributed by atoms with Gasteiger partial charge in [-0.15, -0.1) is 11.3 Å². The summed E-state index contributed by atoms with van der Waals surface area (Å²) in [5.74, 6) is -0.128. The number of rotatable bonds is 6. The monoisotopic (exact) mass is 372 g/mol. The van der Waals surface area contributed by atoms with Gasteiger partial charge in [0.15, 0.2) is 5.13 Å². The molecular formula is C19H14F2N2O2S. The van der Waals surface area contributed by atoms with Crippen LogP contribution in [-0.2, 0) is 6.61 Å². The maximum Gasteiger partial charge on any atom is 0.271 e. The zero-order valence-corrected chi connectivity index (χ0v) is 14.3. The van der Waals surface area contributed by atoms with Gasteiger partial charge in [-0.1, -0.05) is 12.1 Å². The number of thiophene rings is 1. The number of hydrogen-bond acceptors (Lipinski definition) is 4. The van der Waals surface area contributed by atoms with Crippen LogP contribution in [0, 0.1) is 10.9 Å². The minimum atomic E-state index is -0.371. The van der Waals surface area contributed by atoms with Crippen molar-refractivity contribution in [1.82, 2.24) is 5.43 Å². The topological polar surface area (TPSA) is 50.7 Å². The van der Waals surface area contributed by atoms with Crippen LogP contribution in [0.1, 0.15) is 20.8 Å². The first kappa shape index (κ1) is 17.8. The first-order valence-corrected chi connectivity index (χ1v) is 8.48. The fraction of sp³-hybridized carbons (Fsp3) is 0.0526. The maximum absolute atomic E-state index is 12.8.